The van der Waals surface area contributed by atoms with E-state index in [1.54, 1.807) is 16.2 Å². The Bertz CT molecular complexity index is 726. The van der Waals surface area contributed by atoms with Gasteiger partial charge in [-0.25, -0.2) is 13.4 Å². The van der Waals surface area contributed by atoms with E-state index in [0.717, 1.165) is 43.4 Å². The molecule has 3 rings (SSSR count). The molecule has 0 aliphatic carbocycles. The van der Waals surface area contributed by atoms with Gasteiger partial charge in [0.05, 0.1) is 28.8 Å². The topological polar surface area (TPSA) is 73.8 Å². The van der Waals surface area contributed by atoms with E-state index in [9.17, 15) is 13.2 Å². The molecule has 2 aliphatic rings. The van der Waals surface area contributed by atoms with Crippen LogP contribution in [0.3, 0.4) is 0 Å². The molecule has 146 valence electrons. The Morgan fingerprint density at radius 2 is 2.00 bits per heavy atom. The Morgan fingerprint density at radius 3 is 2.54 bits per heavy atom. The van der Waals surface area contributed by atoms with E-state index >= 15 is 0 Å². The Balaban J connectivity index is 1.46. The van der Waals surface area contributed by atoms with Crippen LogP contribution in [0, 0.1) is 6.92 Å². The SMILES string of the molecule is CCN(C(=O)CN1CCN(Cc2csc(C)n2)CC1)C1CCS(=O)(=O)C1. The molecule has 0 radical (unpaired) electrons. The highest BCUT2D eigenvalue weighted by molar-refractivity contribution is 7.91. The lowest BCUT2D eigenvalue weighted by Crippen LogP contribution is -2.51. The summed E-state index contributed by atoms with van der Waals surface area (Å²) < 4.78 is 23.4. The van der Waals surface area contributed by atoms with Crippen molar-refractivity contribution in [3.05, 3.63) is 16.1 Å². The molecule has 0 bridgehead atoms. The number of hydrogen-bond acceptors (Lipinski definition) is 7. The summed E-state index contributed by atoms with van der Waals surface area (Å²) in [5.74, 6) is 0.377. The predicted molar refractivity (Wildman–Crippen MR) is 103 cm³/mol. The number of carbonyl (C=O) groups is 1. The summed E-state index contributed by atoms with van der Waals surface area (Å²) in [5, 5.41) is 3.21. The number of amides is 1. The maximum Gasteiger partial charge on any atom is 0.237 e. The molecule has 1 amide bonds. The quantitative estimate of drug-likeness (QED) is 0.696. The second-order valence-electron chi connectivity index (χ2n) is 7.15. The van der Waals surface area contributed by atoms with Gasteiger partial charge in [-0.05, 0) is 20.3 Å². The van der Waals surface area contributed by atoms with Crippen molar-refractivity contribution < 1.29 is 13.2 Å². The Labute approximate surface area is 159 Å². The normalized spacial score (nSPS) is 24.0. The molecule has 0 N–H and O–H groups in total. The zero-order valence-corrected chi connectivity index (χ0v) is 17.2. The number of likely N-dealkylation sites (N-methyl/N-ethyl adjacent to an activating group) is 1. The molecule has 0 spiro atoms. The number of piperazine rings is 1. The molecule has 2 aliphatic heterocycles. The van der Waals surface area contributed by atoms with Crippen LogP contribution in [-0.4, -0.2) is 90.8 Å². The molecule has 1 unspecified atom stereocenters. The van der Waals surface area contributed by atoms with Gasteiger partial charge in [0, 0.05) is 50.7 Å². The van der Waals surface area contributed by atoms with Gasteiger partial charge in [0.1, 0.15) is 0 Å². The molecule has 1 aromatic rings. The van der Waals surface area contributed by atoms with Gasteiger partial charge in [-0.15, -0.1) is 11.3 Å². The summed E-state index contributed by atoms with van der Waals surface area (Å²) in [6.45, 7) is 9.33. The van der Waals surface area contributed by atoms with Crippen LogP contribution in [0.1, 0.15) is 24.0 Å². The molecule has 9 heteroatoms. The fraction of sp³-hybridized carbons (Fsp3) is 0.765. The van der Waals surface area contributed by atoms with Gasteiger partial charge >= 0.3 is 0 Å². The Hall–Kier alpha value is -1.03. The third-order valence-corrected chi connectivity index (χ3v) is 7.76. The first kappa shape index (κ1) is 19.7. The first-order valence-electron chi connectivity index (χ1n) is 9.22. The lowest BCUT2D eigenvalue weighted by molar-refractivity contribution is -0.134. The fourth-order valence-corrected chi connectivity index (χ4v) is 6.09. The summed E-state index contributed by atoms with van der Waals surface area (Å²) in [7, 11) is -2.97. The number of hydrogen-bond donors (Lipinski definition) is 0. The van der Waals surface area contributed by atoms with Crippen LogP contribution in [0.4, 0.5) is 0 Å². The molecule has 7 nitrogen and oxygen atoms in total. The van der Waals surface area contributed by atoms with E-state index in [1.165, 1.54) is 0 Å². The zero-order valence-electron chi connectivity index (χ0n) is 15.6. The van der Waals surface area contributed by atoms with Gasteiger partial charge in [0.25, 0.3) is 0 Å². The highest BCUT2D eigenvalue weighted by Crippen LogP contribution is 2.18. The van der Waals surface area contributed by atoms with Crippen molar-refractivity contribution in [3.63, 3.8) is 0 Å². The van der Waals surface area contributed by atoms with E-state index in [0.29, 0.717) is 19.5 Å². The van der Waals surface area contributed by atoms with Crippen molar-refractivity contribution in [3.8, 4) is 0 Å². The van der Waals surface area contributed by atoms with Crippen LogP contribution >= 0.6 is 11.3 Å². The lowest BCUT2D eigenvalue weighted by Gasteiger charge is -2.36. The van der Waals surface area contributed by atoms with Crippen LogP contribution in [0.2, 0.25) is 0 Å². The smallest absolute Gasteiger partial charge is 0.237 e. The van der Waals surface area contributed by atoms with Crippen molar-refractivity contribution in [1.29, 1.82) is 0 Å². The van der Waals surface area contributed by atoms with E-state index in [-0.39, 0.29) is 23.5 Å². The summed E-state index contributed by atoms with van der Waals surface area (Å²) in [6, 6.07) is -0.147. The Morgan fingerprint density at radius 1 is 1.31 bits per heavy atom. The monoisotopic (exact) mass is 400 g/mol. The number of nitrogens with zero attached hydrogens (tertiary/aromatic N) is 4. The predicted octanol–water partition coefficient (Wildman–Crippen LogP) is 0.605. The minimum atomic E-state index is -2.97. The highest BCUT2D eigenvalue weighted by atomic mass is 32.2. The highest BCUT2D eigenvalue weighted by Gasteiger charge is 2.34. The molecule has 0 saturated carbocycles. The second kappa shape index (κ2) is 8.33. The maximum atomic E-state index is 12.7. The van der Waals surface area contributed by atoms with Crippen LogP contribution < -0.4 is 0 Å². The van der Waals surface area contributed by atoms with Crippen LogP contribution in [0.5, 0.6) is 0 Å². The largest absolute Gasteiger partial charge is 0.338 e. The van der Waals surface area contributed by atoms with Crippen LogP contribution in [-0.2, 0) is 21.2 Å². The molecule has 26 heavy (non-hydrogen) atoms. The van der Waals surface area contributed by atoms with Crippen molar-refractivity contribution in [2.75, 3.05) is 50.8 Å². The van der Waals surface area contributed by atoms with Gasteiger partial charge in [-0.2, -0.15) is 0 Å². The summed E-state index contributed by atoms with van der Waals surface area (Å²) in [4.78, 5) is 23.5. The first-order valence-corrected chi connectivity index (χ1v) is 11.9. The minimum Gasteiger partial charge on any atom is -0.338 e. The average Bonchev–Trinajstić information content (AvgIpc) is 3.15. The number of thiazole rings is 1. The number of rotatable bonds is 6. The van der Waals surface area contributed by atoms with Gasteiger partial charge in [0.2, 0.25) is 5.91 Å². The number of carbonyl (C=O) groups excluding carboxylic acids is 1. The standard InChI is InChI=1S/C17H28N4O3S2/c1-3-21(16-4-9-26(23,24)13-16)17(22)11-20-7-5-19(6-8-20)10-15-12-25-14(2)18-15/h12,16H,3-11,13H2,1-2H3. The van der Waals surface area contributed by atoms with Crippen molar-refractivity contribution >= 4 is 27.1 Å². The maximum absolute atomic E-state index is 12.7. The number of aryl methyl sites for hydroxylation is 1. The first-order chi connectivity index (χ1) is 12.4. The Kier molecular flexibility index (Phi) is 6.32. The molecule has 2 saturated heterocycles. The van der Waals surface area contributed by atoms with E-state index in [4.69, 9.17) is 0 Å². The van der Waals surface area contributed by atoms with Crippen molar-refractivity contribution in [1.82, 2.24) is 19.7 Å². The minimum absolute atomic E-state index is 0.0539. The van der Waals surface area contributed by atoms with E-state index in [1.807, 2.05) is 13.8 Å². The lowest BCUT2D eigenvalue weighted by atomic mass is 10.2. The average molecular weight is 401 g/mol. The molecule has 1 atom stereocenters. The van der Waals surface area contributed by atoms with Gasteiger partial charge in [-0.3, -0.25) is 14.6 Å². The van der Waals surface area contributed by atoms with Gasteiger partial charge in [0.15, 0.2) is 9.84 Å². The molecular weight excluding hydrogens is 372 g/mol. The van der Waals surface area contributed by atoms with Gasteiger partial charge in [-0.1, -0.05) is 0 Å². The molecule has 0 aromatic carbocycles. The van der Waals surface area contributed by atoms with Crippen LogP contribution in [0.25, 0.3) is 0 Å². The van der Waals surface area contributed by atoms with Gasteiger partial charge < -0.3 is 4.90 Å². The zero-order chi connectivity index (χ0) is 18.7. The van der Waals surface area contributed by atoms with Crippen molar-refractivity contribution in [2.45, 2.75) is 32.9 Å². The molecule has 2 fully saturated rings. The summed E-state index contributed by atoms with van der Waals surface area (Å²) >= 11 is 1.68. The molecule has 1 aromatic heterocycles. The third-order valence-electron chi connectivity index (χ3n) is 5.19. The summed E-state index contributed by atoms with van der Waals surface area (Å²) in [5.41, 5.74) is 1.12. The molecule has 3 heterocycles. The summed E-state index contributed by atoms with van der Waals surface area (Å²) in [6.07, 6.45) is 0.572. The van der Waals surface area contributed by atoms with Crippen LogP contribution in [0.15, 0.2) is 5.38 Å². The second-order valence-corrected chi connectivity index (χ2v) is 10.4. The van der Waals surface area contributed by atoms with Crippen molar-refractivity contribution in [2.24, 2.45) is 0 Å². The number of aromatic nitrogens is 1. The fourth-order valence-electron chi connectivity index (χ4n) is 3.76. The third kappa shape index (κ3) is 5.03. The number of sulfone groups is 1. The van der Waals surface area contributed by atoms with E-state index < -0.39 is 9.84 Å². The van der Waals surface area contributed by atoms with E-state index in [2.05, 4.69) is 20.2 Å². The molecular formula is C17H28N4O3S2.